The average molecular weight is 811 g/mol. The van der Waals surface area contributed by atoms with Crippen LogP contribution in [0.2, 0.25) is 0 Å². The van der Waals surface area contributed by atoms with Gasteiger partial charge in [-0.1, -0.05) is 170 Å². The second-order valence-electron chi connectivity index (χ2n) is 16.1. The van der Waals surface area contributed by atoms with Crippen molar-refractivity contribution >= 4 is 17.9 Å². The zero-order valence-electron chi connectivity index (χ0n) is 37.5. The largest absolute Gasteiger partial charge is 0.477 e. The van der Waals surface area contributed by atoms with Crippen LogP contribution in [-0.4, -0.2) is 80.6 Å². The fraction of sp³-hybridized carbons (Fsp3) is 0.660. The van der Waals surface area contributed by atoms with Gasteiger partial charge in [0, 0.05) is 19.3 Å². The van der Waals surface area contributed by atoms with E-state index in [-0.39, 0.29) is 36.2 Å². The smallest absolute Gasteiger partial charge is 0.362 e. The highest BCUT2D eigenvalue weighted by Crippen LogP contribution is 2.13. The number of carbonyl (C=O) groups excluding carboxylic acids is 2. The fourth-order valence-electron chi connectivity index (χ4n) is 6.18. The van der Waals surface area contributed by atoms with Crippen molar-refractivity contribution in [3.05, 3.63) is 85.1 Å². The molecule has 2 atom stereocenters. The van der Waals surface area contributed by atoms with Gasteiger partial charge in [-0.3, -0.25) is 9.59 Å². The van der Waals surface area contributed by atoms with E-state index < -0.39 is 18.1 Å². The number of aliphatic carboxylic acids is 1. The van der Waals surface area contributed by atoms with E-state index >= 15 is 0 Å². The molecule has 1 N–H and O–H groups in total. The molecule has 0 heterocycles. The average Bonchev–Trinajstić information content (AvgIpc) is 3.18. The van der Waals surface area contributed by atoms with Crippen molar-refractivity contribution < 1.29 is 38.2 Å². The lowest BCUT2D eigenvalue weighted by Gasteiger charge is -2.31. The summed E-state index contributed by atoms with van der Waals surface area (Å²) in [5.41, 5.74) is 0. The van der Waals surface area contributed by atoms with Crippen LogP contribution in [0.5, 0.6) is 0 Å². The predicted octanol–water partition coefficient (Wildman–Crippen LogP) is 12.5. The Labute approximate surface area is 354 Å². The predicted molar refractivity (Wildman–Crippen MR) is 243 cm³/mol. The van der Waals surface area contributed by atoms with Crippen LogP contribution in [0, 0.1) is 0 Å². The summed E-state index contributed by atoms with van der Waals surface area (Å²) in [4.78, 5) is 37.0. The maximum absolute atomic E-state index is 12.7. The number of esters is 2. The summed E-state index contributed by atoms with van der Waals surface area (Å²) in [6.45, 7) is 4.52. The molecule has 0 aliphatic carbocycles. The molecule has 8 heteroatoms. The van der Waals surface area contributed by atoms with E-state index in [1.807, 2.05) is 81.9 Å². The van der Waals surface area contributed by atoms with E-state index in [2.05, 4.69) is 38.2 Å². The summed E-state index contributed by atoms with van der Waals surface area (Å²) < 4.78 is 17.2. The number of allylic oxidation sites excluding steroid dienone is 14. The number of quaternary nitrogens is 1. The Kier molecular flexibility index (Phi) is 37.9. The van der Waals surface area contributed by atoms with E-state index in [0.29, 0.717) is 19.3 Å². The first-order valence-electron chi connectivity index (χ1n) is 22.7. The molecule has 0 aromatic rings. The molecular weight excluding hydrogens is 727 g/mol. The molecule has 2 unspecified atom stereocenters. The minimum absolute atomic E-state index is 0.0400. The summed E-state index contributed by atoms with van der Waals surface area (Å²) in [7, 11) is 5.50. The van der Waals surface area contributed by atoms with Gasteiger partial charge in [0.25, 0.3) is 0 Å². The number of carboxylic acids is 1. The minimum Gasteiger partial charge on any atom is -0.477 e. The molecule has 0 spiro atoms. The number of hydrogen-bond acceptors (Lipinski definition) is 6. The van der Waals surface area contributed by atoms with Crippen molar-refractivity contribution in [1.29, 1.82) is 0 Å². The molecule has 0 amide bonds. The first-order valence-corrected chi connectivity index (χ1v) is 22.7. The topological polar surface area (TPSA) is 99.1 Å². The standard InChI is InChI=1S/C50H83NO7/c1-6-8-10-12-14-16-18-20-22-24-26-28-30-32-34-36-38-40-48(52)57-45-46(44-56-43-42-47(50(54)55)51(3,4)5)58-49(53)41-39-37-35-33-31-29-27-25-23-21-19-17-15-13-11-9-7-2/h8,10,12,14,16,18,20-24,26,28,30,46-47H,6-7,9,11,13,15,17,19,25,27,29,31-45H2,1-5H3/p+1/b10-8+,14-12+,18-16+,22-20+,23-21+,26-24+,30-28+. The van der Waals surface area contributed by atoms with Gasteiger partial charge in [-0.2, -0.15) is 0 Å². The van der Waals surface area contributed by atoms with Gasteiger partial charge in [0.2, 0.25) is 0 Å². The molecule has 0 saturated carbocycles. The molecule has 0 fully saturated rings. The van der Waals surface area contributed by atoms with E-state index in [9.17, 15) is 19.5 Å². The number of ether oxygens (including phenoxy) is 3. The van der Waals surface area contributed by atoms with Crippen molar-refractivity contribution in [3.8, 4) is 0 Å². The van der Waals surface area contributed by atoms with Gasteiger partial charge < -0.3 is 23.8 Å². The van der Waals surface area contributed by atoms with Gasteiger partial charge in [-0.05, 0) is 57.8 Å². The van der Waals surface area contributed by atoms with Crippen LogP contribution in [-0.2, 0) is 28.6 Å². The van der Waals surface area contributed by atoms with Gasteiger partial charge >= 0.3 is 17.9 Å². The van der Waals surface area contributed by atoms with Crippen LogP contribution in [0.25, 0.3) is 0 Å². The Morgan fingerprint density at radius 3 is 1.50 bits per heavy atom. The first-order chi connectivity index (χ1) is 28.1. The van der Waals surface area contributed by atoms with E-state index in [0.717, 1.165) is 51.4 Å². The Morgan fingerprint density at radius 2 is 0.983 bits per heavy atom. The summed E-state index contributed by atoms with van der Waals surface area (Å²) in [6, 6.07) is -0.627. The zero-order chi connectivity index (χ0) is 42.8. The van der Waals surface area contributed by atoms with Crippen LogP contribution in [0.3, 0.4) is 0 Å². The molecule has 0 aromatic heterocycles. The Morgan fingerprint density at radius 1 is 0.534 bits per heavy atom. The van der Waals surface area contributed by atoms with Gasteiger partial charge in [-0.25, -0.2) is 4.79 Å². The molecule has 0 bridgehead atoms. The molecule has 330 valence electrons. The maximum atomic E-state index is 12.7. The summed E-state index contributed by atoms with van der Waals surface area (Å²) in [6.07, 6.45) is 51.9. The van der Waals surface area contributed by atoms with Crippen LogP contribution in [0.15, 0.2) is 85.1 Å². The Hall–Kier alpha value is -3.49. The van der Waals surface area contributed by atoms with Crippen molar-refractivity contribution in [1.82, 2.24) is 0 Å². The molecule has 58 heavy (non-hydrogen) atoms. The Balaban J connectivity index is 4.44. The highest BCUT2D eigenvalue weighted by atomic mass is 16.6. The lowest BCUT2D eigenvalue weighted by molar-refractivity contribution is -0.887. The second-order valence-corrected chi connectivity index (χ2v) is 16.1. The van der Waals surface area contributed by atoms with Crippen molar-refractivity contribution in [2.45, 2.75) is 174 Å². The Bertz CT molecular complexity index is 1220. The maximum Gasteiger partial charge on any atom is 0.362 e. The third kappa shape index (κ3) is 38.1. The van der Waals surface area contributed by atoms with Gasteiger partial charge in [0.05, 0.1) is 34.4 Å². The molecule has 8 nitrogen and oxygen atoms in total. The monoisotopic (exact) mass is 811 g/mol. The van der Waals surface area contributed by atoms with Crippen LogP contribution in [0.1, 0.15) is 162 Å². The highest BCUT2D eigenvalue weighted by Gasteiger charge is 2.31. The third-order valence-electron chi connectivity index (χ3n) is 9.69. The molecule has 0 rings (SSSR count). The first kappa shape index (κ1) is 54.5. The van der Waals surface area contributed by atoms with E-state index in [4.69, 9.17) is 14.2 Å². The lowest BCUT2D eigenvalue weighted by Crippen LogP contribution is -2.50. The van der Waals surface area contributed by atoms with Crippen LogP contribution in [0.4, 0.5) is 0 Å². The number of rotatable bonds is 39. The van der Waals surface area contributed by atoms with Crippen LogP contribution >= 0.6 is 0 Å². The third-order valence-corrected chi connectivity index (χ3v) is 9.69. The molecule has 0 radical (unpaired) electrons. The number of hydrogen-bond donors (Lipinski definition) is 1. The van der Waals surface area contributed by atoms with Crippen molar-refractivity contribution in [3.63, 3.8) is 0 Å². The summed E-state index contributed by atoms with van der Waals surface area (Å²) >= 11 is 0. The molecule has 0 aromatic carbocycles. The minimum atomic E-state index is -0.886. The number of likely N-dealkylation sites (N-methyl/N-ethyl adjacent to an activating group) is 1. The quantitative estimate of drug-likeness (QED) is 0.0217. The van der Waals surface area contributed by atoms with Crippen LogP contribution < -0.4 is 0 Å². The lowest BCUT2D eigenvalue weighted by atomic mass is 10.1. The molecule has 0 saturated heterocycles. The SMILES string of the molecule is CC/C=C/C=C/C=C/C=C/C=C/C=C/CCCCCC(=O)OCC(COCCC(C(=O)O)[N+](C)(C)C)OC(=O)CCCCCCCCC/C=C/CCCCCCCC. The summed E-state index contributed by atoms with van der Waals surface area (Å²) in [5, 5.41) is 9.63. The number of carbonyl (C=O) groups is 3. The molecule has 0 aliphatic rings. The highest BCUT2D eigenvalue weighted by molar-refractivity contribution is 5.72. The fourth-order valence-corrected chi connectivity index (χ4v) is 6.18. The van der Waals surface area contributed by atoms with Gasteiger partial charge in [0.15, 0.2) is 12.1 Å². The zero-order valence-corrected chi connectivity index (χ0v) is 37.5. The second kappa shape index (κ2) is 40.3. The summed E-state index contributed by atoms with van der Waals surface area (Å²) in [5.74, 6) is -1.54. The molecule has 0 aliphatic heterocycles. The number of nitrogens with zero attached hydrogens (tertiary/aromatic N) is 1. The van der Waals surface area contributed by atoms with Gasteiger partial charge in [0.1, 0.15) is 6.61 Å². The number of unbranched alkanes of at least 4 members (excludes halogenated alkanes) is 16. The molecular formula is C50H84NO7+. The number of carboxylic acid groups (broad SMARTS) is 1. The van der Waals surface area contributed by atoms with E-state index in [1.54, 1.807) is 0 Å². The normalized spacial score (nSPS) is 13.7. The van der Waals surface area contributed by atoms with Gasteiger partial charge in [-0.15, -0.1) is 0 Å². The van der Waals surface area contributed by atoms with E-state index in [1.165, 1.54) is 77.0 Å². The van der Waals surface area contributed by atoms with Crippen molar-refractivity contribution in [2.24, 2.45) is 0 Å². The van der Waals surface area contributed by atoms with Crippen molar-refractivity contribution in [2.75, 3.05) is 41.0 Å².